The monoisotopic (exact) mass is 275 g/mol. The number of aromatic nitrogens is 2. The van der Waals surface area contributed by atoms with Gasteiger partial charge in [0.25, 0.3) is 0 Å². The fraction of sp³-hybridized carbons (Fsp3) is 0.286. The van der Waals surface area contributed by atoms with Gasteiger partial charge < -0.3 is 19.9 Å². The van der Waals surface area contributed by atoms with Gasteiger partial charge in [0.15, 0.2) is 11.5 Å². The van der Waals surface area contributed by atoms with E-state index < -0.39 is 0 Å². The number of aliphatic hydroxyl groups excluding tert-OH is 1. The van der Waals surface area contributed by atoms with Crippen molar-refractivity contribution in [3.63, 3.8) is 0 Å². The Kier molecular flexibility index (Phi) is 5.14. The lowest BCUT2D eigenvalue weighted by molar-refractivity contribution is 0.196. The molecule has 6 heteroatoms. The zero-order valence-electron chi connectivity index (χ0n) is 11.2. The fourth-order valence-electron chi connectivity index (χ4n) is 1.68. The van der Waals surface area contributed by atoms with Gasteiger partial charge in [-0.25, -0.2) is 9.97 Å². The lowest BCUT2D eigenvalue weighted by Gasteiger charge is -2.12. The van der Waals surface area contributed by atoms with Crippen molar-refractivity contribution in [3.05, 3.63) is 42.5 Å². The maximum Gasteiger partial charge on any atom is 0.163 e. The predicted molar refractivity (Wildman–Crippen MR) is 74.9 cm³/mol. The Labute approximate surface area is 117 Å². The molecule has 0 fully saturated rings. The fourth-order valence-corrected chi connectivity index (χ4v) is 1.68. The third kappa shape index (κ3) is 3.83. The summed E-state index contributed by atoms with van der Waals surface area (Å²) < 4.78 is 10.6. The van der Waals surface area contributed by atoms with Crippen molar-refractivity contribution < 1.29 is 14.6 Å². The van der Waals surface area contributed by atoms with E-state index in [0.717, 1.165) is 11.3 Å². The van der Waals surface area contributed by atoms with Gasteiger partial charge in [0.1, 0.15) is 12.9 Å². The van der Waals surface area contributed by atoms with Crippen LogP contribution in [0.25, 0.3) is 0 Å². The van der Waals surface area contributed by atoms with Crippen LogP contribution in [-0.4, -0.2) is 35.4 Å². The standard InChI is InChI=1S/C14H17N3O3/c1-19-13-3-2-12(6-14(13)20-5-4-18)17-9-11-7-15-10-16-8-11/h2-3,6-8,10,17-18H,4-5,9H2,1H3. The summed E-state index contributed by atoms with van der Waals surface area (Å²) in [5.41, 5.74) is 1.88. The van der Waals surface area contributed by atoms with Gasteiger partial charge in [0, 0.05) is 36.3 Å². The molecule has 0 amide bonds. The number of nitrogens with zero attached hydrogens (tertiary/aromatic N) is 2. The molecule has 106 valence electrons. The third-order valence-corrected chi connectivity index (χ3v) is 2.62. The molecule has 0 saturated carbocycles. The van der Waals surface area contributed by atoms with E-state index in [1.54, 1.807) is 19.5 Å². The molecule has 0 aliphatic rings. The van der Waals surface area contributed by atoms with Gasteiger partial charge in [-0.2, -0.15) is 0 Å². The summed E-state index contributed by atoms with van der Waals surface area (Å²) in [5, 5.41) is 12.1. The molecule has 0 spiro atoms. The van der Waals surface area contributed by atoms with E-state index >= 15 is 0 Å². The van der Waals surface area contributed by atoms with E-state index in [9.17, 15) is 0 Å². The average Bonchev–Trinajstić information content (AvgIpc) is 2.52. The second-order valence-electron chi connectivity index (χ2n) is 4.04. The highest BCUT2D eigenvalue weighted by Crippen LogP contribution is 2.30. The van der Waals surface area contributed by atoms with Gasteiger partial charge in [0.05, 0.1) is 13.7 Å². The second kappa shape index (κ2) is 7.30. The zero-order chi connectivity index (χ0) is 14.2. The minimum absolute atomic E-state index is 0.0395. The minimum atomic E-state index is -0.0395. The predicted octanol–water partition coefficient (Wildman–Crippen LogP) is 1.47. The van der Waals surface area contributed by atoms with E-state index in [4.69, 9.17) is 14.6 Å². The van der Waals surface area contributed by atoms with E-state index in [1.807, 2.05) is 18.2 Å². The summed E-state index contributed by atoms with van der Waals surface area (Å²) >= 11 is 0. The zero-order valence-corrected chi connectivity index (χ0v) is 11.2. The molecule has 6 nitrogen and oxygen atoms in total. The molecule has 1 aromatic heterocycles. The maximum absolute atomic E-state index is 8.82. The van der Waals surface area contributed by atoms with Crippen LogP contribution >= 0.6 is 0 Å². The number of methoxy groups -OCH3 is 1. The first-order chi connectivity index (χ1) is 9.83. The Morgan fingerprint density at radius 1 is 1.20 bits per heavy atom. The van der Waals surface area contributed by atoms with E-state index in [1.165, 1.54) is 6.33 Å². The van der Waals surface area contributed by atoms with Crippen molar-refractivity contribution in [3.8, 4) is 11.5 Å². The van der Waals surface area contributed by atoms with Crippen molar-refractivity contribution in [2.45, 2.75) is 6.54 Å². The van der Waals surface area contributed by atoms with Gasteiger partial charge in [-0.1, -0.05) is 0 Å². The Balaban J connectivity index is 2.04. The number of ether oxygens (including phenoxy) is 2. The molecular weight excluding hydrogens is 258 g/mol. The normalized spacial score (nSPS) is 10.1. The lowest BCUT2D eigenvalue weighted by Crippen LogP contribution is -2.04. The van der Waals surface area contributed by atoms with Gasteiger partial charge in [-0.15, -0.1) is 0 Å². The van der Waals surface area contributed by atoms with Crippen LogP contribution in [0.2, 0.25) is 0 Å². The Bertz CT molecular complexity index is 534. The van der Waals surface area contributed by atoms with Crippen LogP contribution in [-0.2, 0) is 6.54 Å². The number of benzene rings is 1. The van der Waals surface area contributed by atoms with E-state index in [2.05, 4.69) is 15.3 Å². The first-order valence-electron chi connectivity index (χ1n) is 6.23. The van der Waals surface area contributed by atoms with Crippen LogP contribution in [0.4, 0.5) is 5.69 Å². The van der Waals surface area contributed by atoms with E-state index in [-0.39, 0.29) is 13.2 Å². The van der Waals surface area contributed by atoms with Gasteiger partial charge in [0.2, 0.25) is 0 Å². The molecule has 2 N–H and O–H groups in total. The SMILES string of the molecule is COc1ccc(NCc2cncnc2)cc1OCCO. The minimum Gasteiger partial charge on any atom is -0.493 e. The van der Waals surface area contributed by atoms with Gasteiger partial charge in [-0.05, 0) is 12.1 Å². The molecule has 0 unspecified atom stereocenters. The van der Waals surface area contributed by atoms with Crippen LogP contribution in [0.3, 0.4) is 0 Å². The van der Waals surface area contributed by atoms with Crippen molar-refractivity contribution in [2.75, 3.05) is 25.6 Å². The van der Waals surface area contributed by atoms with Crippen molar-refractivity contribution in [2.24, 2.45) is 0 Å². The summed E-state index contributed by atoms with van der Waals surface area (Å²) in [6.45, 7) is 0.807. The van der Waals surface area contributed by atoms with Crippen LogP contribution in [0.5, 0.6) is 11.5 Å². The van der Waals surface area contributed by atoms with Crippen LogP contribution in [0.15, 0.2) is 36.9 Å². The number of rotatable bonds is 7. The van der Waals surface area contributed by atoms with Gasteiger partial charge >= 0.3 is 0 Å². The Hall–Kier alpha value is -2.34. The number of hydrogen-bond donors (Lipinski definition) is 2. The van der Waals surface area contributed by atoms with E-state index in [0.29, 0.717) is 18.0 Å². The molecular formula is C14H17N3O3. The largest absolute Gasteiger partial charge is 0.493 e. The molecule has 0 bridgehead atoms. The molecule has 1 heterocycles. The highest BCUT2D eigenvalue weighted by Gasteiger charge is 2.05. The quantitative estimate of drug-likeness (QED) is 0.797. The maximum atomic E-state index is 8.82. The smallest absolute Gasteiger partial charge is 0.163 e. The molecule has 20 heavy (non-hydrogen) atoms. The molecule has 0 atom stereocenters. The third-order valence-electron chi connectivity index (χ3n) is 2.62. The highest BCUT2D eigenvalue weighted by molar-refractivity contribution is 5.54. The molecule has 0 aliphatic carbocycles. The summed E-state index contributed by atoms with van der Waals surface area (Å²) in [7, 11) is 1.58. The summed E-state index contributed by atoms with van der Waals surface area (Å²) in [5.74, 6) is 1.22. The molecule has 2 aromatic rings. The van der Waals surface area contributed by atoms with Crippen LogP contribution < -0.4 is 14.8 Å². The Morgan fingerprint density at radius 2 is 2.00 bits per heavy atom. The van der Waals surface area contributed by atoms with Gasteiger partial charge in [-0.3, -0.25) is 0 Å². The molecule has 0 saturated heterocycles. The highest BCUT2D eigenvalue weighted by atomic mass is 16.5. The topological polar surface area (TPSA) is 76.5 Å². The van der Waals surface area contributed by atoms with Crippen molar-refractivity contribution >= 4 is 5.69 Å². The molecule has 0 radical (unpaired) electrons. The molecule has 0 aliphatic heterocycles. The second-order valence-corrected chi connectivity index (χ2v) is 4.04. The van der Waals surface area contributed by atoms with Crippen LogP contribution in [0.1, 0.15) is 5.56 Å². The van der Waals surface area contributed by atoms with Crippen molar-refractivity contribution in [1.29, 1.82) is 0 Å². The number of hydrogen-bond acceptors (Lipinski definition) is 6. The Morgan fingerprint density at radius 3 is 2.70 bits per heavy atom. The number of nitrogens with one attached hydrogen (secondary N) is 1. The summed E-state index contributed by atoms with van der Waals surface area (Å²) in [4.78, 5) is 7.92. The number of aliphatic hydroxyl groups is 1. The van der Waals surface area contributed by atoms with Crippen molar-refractivity contribution in [1.82, 2.24) is 9.97 Å². The summed E-state index contributed by atoms with van der Waals surface area (Å²) in [6.07, 6.45) is 5.01. The van der Waals surface area contributed by atoms with Crippen LogP contribution in [0, 0.1) is 0 Å². The number of anilines is 1. The first kappa shape index (κ1) is 14.1. The summed E-state index contributed by atoms with van der Waals surface area (Å²) in [6, 6.07) is 5.54. The first-order valence-corrected chi connectivity index (χ1v) is 6.23. The molecule has 1 aromatic carbocycles. The lowest BCUT2D eigenvalue weighted by atomic mass is 10.2. The average molecular weight is 275 g/mol. The molecule has 2 rings (SSSR count).